The van der Waals surface area contributed by atoms with E-state index in [0.29, 0.717) is 24.9 Å². The van der Waals surface area contributed by atoms with Crippen LogP contribution >= 0.6 is 0 Å². The first kappa shape index (κ1) is 28.9. The number of amides is 2. The largest absolute Gasteiger partial charge is 0.493 e. The van der Waals surface area contributed by atoms with Crippen LogP contribution in [0.15, 0.2) is 30.0 Å². The third-order valence-electron chi connectivity index (χ3n) is 6.72. The van der Waals surface area contributed by atoms with Gasteiger partial charge in [0.2, 0.25) is 5.91 Å². The molecule has 1 aromatic rings. The number of ether oxygens (including phenoxy) is 3. The van der Waals surface area contributed by atoms with Crippen molar-refractivity contribution >= 4 is 12.0 Å². The van der Waals surface area contributed by atoms with Crippen molar-refractivity contribution in [3.8, 4) is 0 Å². The predicted molar refractivity (Wildman–Crippen MR) is 136 cm³/mol. The summed E-state index contributed by atoms with van der Waals surface area (Å²) in [6.07, 6.45) is 1.79. The fraction of sp³-hybridized carbons (Fsp3) is 0.643. The zero-order chi connectivity index (χ0) is 27.7. The van der Waals surface area contributed by atoms with Gasteiger partial charge in [0.25, 0.3) is 0 Å². The number of carbonyl (C=O) groups excluding carboxylic acids is 2. The molecule has 2 amide bonds. The summed E-state index contributed by atoms with van der Waals surface area (Å²) in [7, 11) is 0. The monoisotopic (exact) mass is 522 g/mol. The highest BCUT2D eigenvalue weighted by Gasteiger charge is 2.55. The van der Waals surface area contributed by atoms with Crippen LogP contribution in [0.5, 0.6) is 0 Å². The fourth-order valence-corrected chi connectivity index (χ4v) is 5.46. The van der Waals surface area contributed by atoms with Gasteiger partial charge < -0.3 is 19.1 Å². The fourth-order valence-electron chi connectivity index (χ4n) is 5.46. The van der Waals surface area contributed by atoms with E-state index in [1.165, 1.54) is 19.1 Å². The van der Waals surface area contributed by atoms with Crippen LogP contribution in [-0.4, -0.2) is 64.0 Å². The maximum atomic E-state index is 14.0. The first-order chi connectivity index (χ1) is 17.1. The van der Waals surface area contributed by atoms with Crippen LogP contribution in [0.3, 0.4) is 0 Å². The molecule has 4 unspecified atom stereocenters. The smallest absolute Gasteiger partial charge is 0.410 e. The number of halogens is 2. The van der Waals surface area contributed by atoms with E-state index in [-0.39, 0.29) is 18.4 Å². The number of allylic oxidation sites excluding steroid dienone is 2. The summed E-state index contributed by atoms with van der Waals surface area (Å²) in [5, 5.41) is 0. The van der Waals surface area contributed by atoms with E-state index in [1.807, 2.05) is 19.9 Å². The lowest BCUT2D eigenvalue weighted by Gasteiger charge is -2.34. The summed E-state index contributed by atoms with van der Waals surface area (Å²) in [4.78, 5) is 29.4. The van der Waals surface area contributed by atoms with Crippen molar-refractivity contribution in [2.75, 3.05) is 6.54 Å². The predicted octanol–water partition coefficient (Wildman–Crippen LogP) is 5.57. The lowest BCUT2D eigenvalue weighted by Crippen LogP contribution is -2.52. The van der Waals surface area contributed by atoms with Crippen LogP contribution in [0.1, 0.15) is 73.8 Å². The Morgan fingerprint density at radius 2 is 1.81 bits per heavy atom. The minimum absolute atomic E-state index is 0.154. The van der Waals surface area contributed by atoms with Crippen LogP contribution in [0.4, 0.5) is 13.6 Å². The van der Waals surface area contributed by atoms with Crippen molar-refractivity contribution in [2.24, 2.45) is 0 Å². The van der Waals surface area contributed by atoms with E-state index in [0.717, 1.165) is 11.8 Å². The number of hydrogen-bond donors (Lipinski definition) is 0. The van der Waals surface area contributed by atoms with Gasteiger partial charge in [0.1, 0.15) is 35.2 Å². The van der Waals surface area contributed by atoms with Gasteiger partial charge in [0, 0.05) is 25.8 Å². The van der Waals surface area contributed by atoms with Crippen molar-refractivity contribution in [1.82, 2.24) is 9.80 Å². The molecule has 0 spiro atoms. The van der Waals surface area contributed by atoms with Crippen LogP contribution in [0.2, 0.25) is 0 Å². The Morgan fingerprint density at radius 1 is 1.19 bits per heavy atom. The van der Waals surface area contributed by atoms with Crippen molar-refractivity contribution in [3.05, 3.63) is 47.2 Å². The zero-order valence-electron chi connectivity index (χ0n) is 23.1. The van der Waals surface area contributed by atoms with Gasteiger partial charge in [-0.1, -0.05) is 6.92 Å². The summed E-state index contributed by atoms with van der Waals surface area (Å²) in [5.41, 5.74) is -1.31. The van der Waals surface area contributed by atoms with Gasteiger partial charge >= 0.3 is 6.09 Å². The van der Waals surface area contributed by atoms with Gasteiger partial charge in [-0.25, -0.2) is 13.6 Å². The molecule has 2 aliphatic heterocycles. The van der Waals surface area contributed by atoms with Gasteiger partial charge in [-0.2, -0.15) is 0 Å². The molecule has 2 saturated heterocycles. The zero-order valence-corrected chi connectivity index (χ0v) is 23.1. The molecule has 7 nitrogen and oxygen atoms in total. The third kappa shape index (κ3) is 6.80. The number of nitrogens with zero attached hydrogens (tertiary/aromatic N) is 2. The summed E-state index contributed by atoms with van der Waals surface area (Å²) in [6.45, 7) is 14.6. The Kier molecular flexibility index (Phi) is 8.57. The second-order valence-electron chi connectivity index (χ2n) is 11.3. The number of rotatable bonds is 6. The molecule has 2 fully saturated rings. The Hall–Kier alpha value is -2.68. The van der Waals surface area contributed by atoms with Crippen LogP contribution in [-0.2, 0) is 25.4 Å². The highest BCUT2D eigenvalue weighted by Crippen LogP contribution is 2.40. The second kappa shape index (κ2) is 11.0. The molecule has 9 heteroatoms. The summed E-state index contributed by atoms with van der Waals surface area (Å²) < 4.78 is 46.4. The van der Waals surface area contributed by atoms with Gasteiger partial charge in [0.05, 0.1) is 24.4 Å². The molecule has 2 heterocycles. The van der Waals surface area contributed by atoms with Crippen LogP contribution in [0, 0.1) is 11.6 Å². The van der Waals surface area contributed by atoms with E-state index < -0.39 is 47.2 Å². The van der Waals surface area contributed by atoms with Gasteiger partial charge in [-0.15, -0.1) is 0 Å². The second-order valence-corrected chi connectivity index (χ2v) is 11.3. The molecular formula is C28H40F2N2O5. The highest BCUT2D eigenvalue weighted by atomic mass is 19.1. The number of hydrogen-bond acceptors (Lipinski definition) is 5. The Balaban J connectivity index is 2.01. The molecule has 4 atom stereocenters. The molecular weight excluding hydrogens is 482 g/mol. The summed E-state index contributed by atoms with van der Waals surface area (Å²) in [6, 6.07) is 2.27. The van der Waals surface area contributed by atoms with E-state index in [2.05, 4.69) is 0 Å². The van der Waals surface area contributed by atoms with Gasteiger partial charge in [0.15, 0.2) is 0 Å². The van der Waals surface area contributed by atoms with Crippen LogP contribution in [0.25, 0.3) is 0 Å². The van der Waals surface area contributed by atoms with E-state index in [4.69, 9.17) is 14.2 Å². The minimum atomic E-state index is -0.997. The third-order valence-corrected chi connectivity index (χ3v) is 6.72. The van der Waals surface area contributed by atoms with Crippen LogP contribution < -0.4 is 0 Å². The molecule has 0 saturated carbocycles. The molecule has 206 valence electrons. The number of likely N-dealkylation sites (tertiary alicyclic amines) is 1. The maximum absolute atomic E-state index is 14.0. The van der Waals surface area contributed by atoms with Gasteiger partial charge in [-0.05, 0) is 71.7 Å². The highest BCUT2D eigenvalue weighted by molar-refractivity contribution is 5.75. The van der Waals surface area contributed by atoms with E-state index >= 15 is 0 Å². The Bertz CT molecular complexity index is 1020. The standard InChI is InChI=1S/C28H40F2N2O5/c1-9-21(10-2)35-22-15-23(31(16-22)26(34)37-27(4,5)6)25-24(32(17(3)33)28(7,8)36-25)13-18-11-19(29)14-20(30)12-18/h9,11-12,14,22-25H,10,13,15-16H2,1-8H3. The van der Waals surface area contributed by atoms with Crippen molar-refractivity contribution in [3.63, 3.8) is 0 Å². The Morgan fingerprint density at radius 3 is 2.32 bits per heavy atom. The van der Waals surface area contributed by atoms with Crippen molar-refractivity contribution in [2.45, 2.75) is 110 Å². The SMILES string of the molecule is CC=C(CC)OC1CC(C2OC(C)(C)N(C(C)=O)C2Cc2cc(F)cc(F)c2)N(C(=O)OC(C)(C)C)C1. The quantitative estimate of drug-likeness (QED) is 0.457. The average molecular weight is 523 g/mol. The maximum Gasteiger partial charge on any atom is 0.410 e. The molecule has 0 N–H and O–H groups in total. The summed E-state index contributed by atoms with van der Waals surface area (Å²) in [5.74, 6) is -0.796. The lowest BCUT2D eigenvalue weighted by molar-refractivity contribution is -0.145. The first-order valence-electron chi connectivity index (χ1n) is 12.9. The van der Waals surface area contributed by atoms with Crippen molar-refractivity contribution in [1.29, 1.82) is 0 Å². The summed E-state index contributed by atoms with van der Waals surface area (Å²) >= 11 is 0. The number of benzene rings is 1. The average Bonchev–Trinajstić information content (AvgIpc) is 3.27. The first-order valence-corrected chi connectivity index (χ1v) is 12.9. The molecule has 37 heavy (non-hydrogen) atoms. The van der Waals surface area contributed by atoms with Gasteiger partial charge in [-0.3, -0.25) is 9.69 Å². The molecule has 0 bridgehead atoms. The Labute approximate surface area is 218 Å². The molecule has 1 aromatic carbocycles. The normalized spacial score (nSPS) is 25.9. The van der Waals surface area contributed by atoms with Crippen molar-refractivity contribution < 1.29 is 32.6 Å². The molecule has 0 aromatic heterocycles. The molecule has 0 aliphatic carbocycles. The van der Waals surface area contributed by atoms with E-state index in [1.54, 1.807) is 44.4 Å². The molecule has 3 rings (SSSR count). The number of carbonyl (C=O) groups is 2. The molecule has 2 aliphatic rings. The minimum Gasteiger partial charge on any atom is -0.493 e. The molecule has 0 radical (unpaired) electrons. The topological polar surface area (TPSA) is 68.3 Å². The van der Waals surface area contributed by atoms with E-state index in [9.17, 15) is 18.4 Å². The lowest BCUT2D eigenvalue weighted by atomic mass is 9.94.